The number of pyridine rings is 1. The van der Waals surface area contributed by atoms with E-state index in [1.54, 1.807) is 18.3 Å². The minimum atomic E-state index is -0.533. The molecule has 3 N–H and O–H groups in total. The van der Waals surface area contributed by atoms with Crippen molar-refractivity contribution in [2.24, 2.45) is 17.1 Å². The van der Waals surface area contributed by atoms with Gasteiger partial charge in [0, 0.05) is 23.5 Å². The molecule has 1 amide bonds. The lowest BCUT2D eigenvalue weighted by molar-refractivity contribution is 0.0994. The summed E-state index contributed by atoms with van der Waals surface area (Å²) in [5, 5.41) is 4.24. The highest BCUT2D eigenvalue weighted by Gasteiger charge is 2.36. The maximum atomic E-state index is 11.8. The van der Waals surface area contributed by atoms with E-state index >= 15 is 0 Å². The number of carbonyl (C=O) groups excluding carboxylic acids is 1. The van der Waals surface area contributed by atoms with Crippen molar-refractivity contribution >= 4 is 16.8 Å². The molecule has 140 valence electrons. The number of aromatic nitrogens is 1. The number of primary amides is 1. The monoisotopic (exact) mass is 357 g/mol. The van der Waals surface area contributed by atoms with Crippen LogP contribution in [-0.2, 0) is 0 Å². The van der Waals surface area contributed by atoms with E-state index < -0.39 is 5.91 Å². The van der Waals surface area contributed by atoms with Crippen LogP contribution >= 0.6 is 0 Å². The van der Waals surface area contributed by atoms with Crippen molar-refractivity contribution in [3.8, 4) is 11.5 Å². The Morgan fingerprint density at radius 1 is 1.42 bits per heavy atom. The molecule has 1 aromatic carbocycles. The van der Waals surface area contributed by atoms with Crippen LogP contribution in [0.5, 0.6) is 11.5 Å². The molecular weight excluding hydrogens is 330 g/mol. The summed E-state index contributed by atoms with van der Waals surface area (Å²) in [4.78, 5) is 16.1. The molecule has 0 spiro atoms. The Kier molecular flexibility index (Phi) is 5.05. The second-order valence-electron chi connectivity index (χ2n) is 7.68. The van der Waals surface area contributed by atoms with Crippen molar-refractivity contribution in [1.82, 2.24) is 10.3 Å². The highest BCUT2D eigenvalue weighted by molar-refractivity contribution is 6.01. The number of nitrogens with zero attached hydrogens (tertiary/aromatic N) is 1. The number of rotatable bonds is 6. The van der Waals surface area contributed by atoms with Crippen LogP contribution in [0.3, 0.4) is 0 Å². The summed E-state index contributed by atoms with van der Waals surface area (Å²) < 4.78 is 12.0. The van der Waals surface area contributed by atoms with Crippen LogP contribution in [0.15, 0.2) is 24.4 Å². The molecule has 2 aromatic rings. The topological polar surface area (TPSA) is 86.5 Å². The second kappa shape index (κ2) is 7.11. The van der Waals surface area contributed by atoms with Crippen LogP contribution in [0.1, 0.15) is 38.1 Å². The zero-order valence-electron chi connectivity index (χ0n) is 15.8. The lowest BCUT2D eigenvalue weighted by Crippen LogP contribution is -2.32. The van der Waals surface area contributed by atoms with Gasteiger partial charge in [-0.3, -0.25) is 9.78 Å². The summed E-state index contributed by atoms with van der Waals surface area (Å²) in [6.07, 6.45) is 1.61. The zero-order valence-corrected chi connectivity index (χ0v) is 15.8. The second-order valence-corrected chi connectivity index (χ2v) is 7.68. The van der Waals surface area contributed by atoms with Crippen LogP contribution < -0.4 is 20.5 Å². The fourth-order valence-corrected chi connectivity index (χ4v) is 3.25. The minimum absolute atomic E-state index is 0.0732. The predicted molar refractivity (Wildman–Crippen MR) is 102 cm³/mol. The number of hydrogen-bond acceptors (Lipinski definition) is 5. The van der Waals surface area contributed by atoms with Crippen molar-refractivity contribution in [2.45, 2.75) is 33.8 Å². The molecule has 6 nitrogen and oxygen atoms in total. The Balaban J connectivity index is 1.97. The number of nitrogens with two attached hydrogens (primary N) is 1. The minimum Gasteiger partial charge on any atom is -0.492 e. The summed E-state index contributed by atoms with van der Waals surface area (Å²) in [7, 11) is 0. The summed E-state index contributed by atoms with van der Waals surface area (Å²) in [5.74, 6) is 1.20. The molecule has 0 saturated carbocycles. The zero-order chi connectivity index (χ0) is 18.9. The number of hydrogen-bond donors (Lipinski definition) is 2. The fourth-order valence-electron chi connectivity index (χ4n) is 3.25. The van der Waals surface area contributed by atoms with Gasteiger partial charge in [-0.05, 0) is 44.5 Å². The van der Waals surface area contributed by atoms with E-state index in [4.69, 9.17) is 15.2 Å². The van der Waals surface area contributed by atoms with E-state index in [9.17, 15) is 4.79 Å². The highest BCUT2D eigenvalue weighted by atomic mass is 16.5. The summed E-state index contributed by atoms with van der Waals surface area (Å²) in [6.45, 7) is 10.8. The van der Waals surface area contributed by atoms with E-state index in [1.807, 2.05) is 19.9 Å². The van der Waals surface area contributed by atoms with Gasteiger partial charge in [0.15, 0.2) is 0 Å². The highest BCUT2D eigenvalue weighted by Crippen LogP contribution is 2.35. The molecule has 1 fully saturated rings. The van der Waals surface area contributed by atoms with Gasteiger partial charge in [-0.1, -0.05) is 13.8 Å². The number of benzene rings is 1. The molecule has 2 atom stereocenters. The lowest BCUT2D eigenvalue weighted by Gasteiger charge is -2.28. The third-order valence-electron chi connectivity index (χ3n) is 5.16. The van der Waals surface area contributed by atoms with Gasteiger partial charge >= 0.3 is 0 Å². The van der Waals surface area contributed by atoms with Crippen LogP contribution in [0, 0.1) is 11.3 Å². The Bertz CT molecular complexity index is 821. The van der Waals surface area contributed by atoms with Crippen molar-refractivity contribution < 1.29 is 14.3 Å². The van der Waals surface area contributed by atoms with Crippen molar-refractivity contribution in [3.63, 3.8) is 0 Å². The Hall–Kier alpha value is -2.34. The van der Waals surface area contributed by atoms with Gasteiger partial charge in [0.25, 0.3) is 5.91 Å². The Morgan fingerprint density at radius 2 is 2.19 bits per heavy atom. The molecule has 1 aromatic heterocycles. The van der Waals surface area contributed by atoms with E-state index in [0.717, 1.165) is 24.2 Å². The molecular formula is C20H27N3O3. The first kappa shape index (κ1) is 18.5. The van der Waals surface area contributed by atoms with Crippen molar-refractivity contribution in [2.75, 3.05) is 19.7 Å². The fraction of sp³-hybridized carbons (Fsp3) is 0.500. The molecule has 6 heteroatoms. The normalized spacial score (nSPS) is 22.7. The average Bonchev–Trinajstić information content (AvgIpc) is 2.91. The Labute approximate surface area is 154 Å². The molecule has 1 aliphatic heterocycles. The van der Waals surface area contributed by atoms with Gasteiger partial charge in [-0.25, -0.2) is 0 Å². The summed E-state index contributed by atoms with van der Waals surface area (Å²) in [6, 6.07) is 5.32. The average molecular weight is 357 g/mol. The maximum absolute atomic E-state index is 11.8. The van der Waals surface area contributed by atoms with Gasteiger partial charge in [-0.15, -0.1) is 0 Å². The van der Waals surface area contributed by atoms with Crippen LogP contribution in [0.4, 0.5) is 0 Å². The third kappa shape index (κ3) is 3.60. The van der Waals surface area contributed by atoms with E-state index in [1.165, 1.54) is 0 Å². The third-order valence-corrected chi connectivity index (χ3v) is 5.16. The van der Waals surface area contributed by atoms with Crippen LogP contribution in [-0.4, -0.2) is 36.7 Å². The quantitative estimate of drug-likeness (QED) is 0.830. The first-order valence-electron chi connectivity index (χ1n) is 9.03. The predicted octanol–water partition coefficient (Wildman–Crippen LogP) is 2.75. The number of nitrogens with one attached hydrogen (secondary N) is 1. The molecule has 0 radical (unpaired) electrons. The smallest absolute Gasteiger partial charge is 0.252 e. The van der Waals surface area contributed by atoms with Gasteiger partial charge in [0.1, 0.15) is 11.5 Å². The number of amides is 1. The number of fused-ring (bicyclic) bond motifs is 1. The van der Waals surface area contributed by atoms with Gasteiger partial charge < -0.3 is 20.5 Å². The van der Waals surface area contributed by atoms with E-state index in [2.05, 4.69) is 24.1 Å². The Morgan fingerprint density at radius 3 is 2.81 bits per heavy atom. The number of ether oxygens (including phenoxy) is 2. The van der Waals surface area contributed by atoms with Crippen LogP contribution in [0.2, 0.25) is 0 Å². The van der Waals surface area contributed by atoms with E-state index in [0.29, 0.717) is 29.4 Å². The maximum Gasteiger partial charge on any atom is 0.252 e. The SMILES string of the molecule is CC(C)Oc1cc2c(OC[C@@]3(C)CNC[C@@H]3C)ccnc2cc1C(N)=O. The summed E-state index contributed by atoms with van der Waals surface area (Å²) >= 11 is 0. The molecule has 2 heterocycles. The standard InChI is InChI=1S/C20H27N3O3/c1-12(2)26-18-8-14-16(7-15(18)19(21)24)23-6-5-17(14)25-11-20(4)10-22-9-13(20)3/h5-8,12-13,22H,9-11H2,1-4H3,(H2,21,24)/t13-,20+/m0/s1. The largest absolute Gasteiger partial charge is 0.492 e. The first-order chi connectivity index (χ1) is 12.3. The van der Waals surface area contributed by atoms with E-state index in [-0.39, 0.29) is 11.5 Å². The van der Waals surface area contributed by atoms with Gasteiger partial charge in [-0.2, -0.15) is 0 Å². The number of carbonyl (C=O) groups is 1. The van der Waals surface area contributed by atoms with Crippen molar-refractivity contribution in [3.05, 3.63) is 30.0 Å². The molecule has 0 bridgehead atoms. The summed E-state index contributed by atoms with van der Waals surface area (Å²) in [5.41, 5.74) is 6.58. The lowest BCUT2D eigenvalue weighted by atomic mass is 9.82. The van der Waals surface area contributed by atoms with Gasteiger partial charge in [0.2, 0.25) is 0 Å². The molecule has 1 saturated heterocycles. The van der Waals surface area contributed by atoms with Crippen LogP contribution in [0.25, 0.3) is 10.9 Å². The molecule has 1 aliphatic rings. The first-order valence-corrected chi connectivity index (χ1v) is 9.03. The molecule has 3 rings (SSSR count). The molecule has 0 aliphatic carbocycles. The molecule has 0 unspecified atom stereocenters. The van der Waals surface area contributed by atoms with Crippen molar-refractivity contribution in [1.29, 1.82) is 0 Å². The van der Waals surface area contributed by atoms with Gasteiger partial charge in [0.05, 0.1) is 23.8 Å². The molecule has 26 heavy (non-hydrogen) atoms.